The molecule has 4 aromatic rings. The molecule has 1 fully saturated rings. The fourth-order valence-electron chi connectivity index (χ4n) is 4.22. The average molecular weight is 444 g/mol. The molecule has 32 heavy (non-hydrogen) atoms. The monoisotopic (exact) mass is 443 g/mol. The first-order valence-electron chi connectivity index (χ1n) is 10.4. The van der Waals surface area contributed by atoms with Crippen molar-refractivity contribution in [1.29, 1.82) is 0 Å². The van der Waals surface area contributed by atoms with Gasteiger partial charge in [0.15, 0.2) is 5.11 Å². The number of nitrogens with zero attached hydrogens (tertiary/aromatic N) is 4. The van der Waals surface area contributed by atoms with Crippen LogP contribution < -0.4 is 10.2 Å². The van der Waals surface area contributed by atoms with Crippen molar-refractivity contribution in [1.82, 2.24) is 19.9 Å². The van der Waals surface area contributed by atoms with E-state index >= 15 is 0 Å². The van der Waals surface area contributed by atoms with Gasteiger partial charge in [-0.2, -0.15) is 0 Å². The topological polar surface area (TPSA) is 46.0 Å². The first kappa shape index (κ1) is 20.3. The van der Waals surface area contributed by atoms with Crippen LogP contribution in [0.5, 0.6) is 0 Å². The number of halogens is 1. The van der Waals surface area contributed by atoms with Crippen LogP contribution in [0.2, 0.25) is 0 Å². The number of nitrogens with one attached hydrogen (secondary N) is 1. The Labute approximate surface area is 191 Å². The van der Waals surface area contributed by atoms with Crippen molar-refractivity contribution in [3.8, 4) is 0 Å². The van der Waals surface area contributed by atoms with Crippen molar-refractivity contribution >= 4 is 23.0 Å². The van der Waals surface area contributed by atoms with Gasteiger partial charge in [0.2, 0.25) is 0 Å². The second kappa shape index (κ2) is 8.51. The Morgan fingerprint density at radius 2 is 1.81 bits per heavy atom. The van der Waals surface area contributed by atoms with Crippen LogP contribution in [0, 0.1) is 12.7 Å². The molecule has 0 saturated carbocycles. The van der Waals surface area contributed by atoms with E-state index in [1.165, 1.54) is 6.07 Å². The van der Waals surface area contributed by atoms with E-state index in [0.717, 1.165) is 22.8 Å². The molecular formula is C25H22FN5S. The van der Waals surface area contributed by atoms with Gasteiger partial charge in [-0.25, -0.2) is 4.39 Å². The Balaban J connectivity index is 1.61. The minimum absolute atomic E-state index is 0.161. The van der Waals surface area contributed by atoms with Gasteiger partial charge in [0, 0.05) is 30.0 Å². The van der Waals surface area contributed by atoms with E-state index in [0.29, 0.717) is 17.2 Å². The fourth-order valence-corrected chi connectivity index (χ4v) is 4.56. The molecule has 1 aliphatic heterocycles. The summed E-state index contributed by atoms with van der Waals surface area (Å²) in [5.41, 5.74) is 4.36. The summed E-state index contributed by atoms with van der Waals surface area (Å²) in [6.07, 6.45) is 5.64. The van der Waals surface area contributed by atoms with Crippen LogP contribution in [-0.4, -0.2) is 19.6 Å². The van der Waals surface area contributed by atoms with Crippen molar-refractivity contribution in [2.75, 3.05) is 4.90 Å². The number of rotatable bonds is 5. The van der Waals surface area contributed by atoms with Crippen LogP contribution in [0.1, 0.15) is 34.7 Å². The second-order valence-electron chi connectivity index (χ2n) is 7.81. The third kappa shape index (κ3) is 3.76. The molecule has 5 nitrogen and oxygen atoms in total. The Hall–Kier alpha value is -3.58. The zero-order valence-electron chi connectivity index (χ0n) is 17.5. The molecule has 7 heteroatoms. The lowest BCUT2D eigenvalue weighted by Gasteiger charge is -2.29. The lowest BCUT2D eigenvalue weighted by atomic mass is 10.0. The van der Waals surface area contributed by atoms with Gasteiger partial charge in [0.1, 0.15) is 11.9 Å². The van der Waals surface area contributed by atoms with Crippen LogP contribution >= 0.6 is 12.2 Å². The number of hydrogen-bond acceptors (Lipinski definition) is 3. The molecule has 3 aromatic heterocycles. The van der Waals surface area contributed by atoms with Gasteiger partial charge in [-0.15, -0.1) is 0 Å². The first-order chi connectivity index (χ1) is 15.6. The Morgan fingerprint density at radius 3 is 2.53 bits per heavy atom. The largest absolute Gasteiger partial charge is 0.351 e. The molecule has 0 amide bonds. The molecule has 0 radical (unpaired) electrons. The summed E-state index contributed by atoms with van der Waals surface area (Å²) in [7, 11) is 0. The summed E-state index contributed by atoms with van der Waals surface area (Å²) >= 11 is 5.77. The maximum Gasteiger partial charge on any atom is 0.174 e. The molecule has 0 unspecified atom stereocenters. The molecule has 160 valence electrons. The molecule has 1 aromatic carbocycles. The van der Waals surface area contributed by atoms with E-state index in [1.54, 1.807) is 25.4 Å². The summed E-state index contributed by atoms with van der Waals surface area (Å²) in [6, 6.07) is 20.7. The van der Waals surface area contributed by atoms with Gasteiger partial charge in [0.05, 0.1) is 24.0 Å². The minimum Gasteiger partial charge on any atom is -0.351 e. The molecule has 0 bridgehead atoms. The van der Waals surface area contributed by atoms with Gasteiger partial charge in [-0.1, -0.05) is 12.1 Å². The number of benzene rings is 1. The maximum absolute atomic E-state index is 14.0. The van der Waals surface area contributed by atoms with Gasteiger partial charge in [-0.05, 0) is 79.3 Å². The van der Waals surface area contributed by atoms with Gasteiger partial charge < -0.3 is 14.8 Å². The number of anilines is 1. The molecule has 0 aliphatic carbocycles. The molecule has 0 spiro atoms. The van der Waals surface area contributed by atoms with E-state index in [4.69, 9.17) is 12.2 Å². The van der Waals surface area contributed by atoms with Gasteiger partial charge in [0.25, 0.3) is 0 Å². The third-order valence-electron chi connectivity index (χ3n) is 5.74. The zero-order valence-corrected chi connectivity index (χ0v) is 18.3. The highest BCUT2D eigenvalue weighted by Crippen LogP contribution is 2.42. The number of aryl methyl sites for hydroxylation is 1. The van der Waals surface area contributed by atoms with E-state index in [-0.39, 0.29) is 17.9 Å². The highest BCUT2D eigenvalue weighted by molar-refractivity contribution is 7.80. The highest BCUT2D eigenvalue weighted by atomic mass is 32.1. The highest BCUT2D eigenvalue weighted by Gasteiger charge is 2.42. The number of hydrogen-bond donors (Lipinski definition) is 1. The number of pyridine rings is 2. The normalized spacial score (nSPS) is 18.1. The SMILES string of the molecule is Cc1cc(N2C(=S)N[C@@H](c3ccccn3)[C@H]2c2cccn2Cc2ccccn2)ccc1F. The van der Waals surface area contributed by atoms with Crippen LogP contribution in [0.25, 0.3) is 0 Å². The van der Waals surface area contributed by atoms with Crippen LogP contribution in [0.4, 0.5) is 10.1 Å². The van der Waals surface area contributed by atoms with Crippen LogP contribution in [0.15, 0.2) is 85.3 Å². The Kier molecular flexibility index (Phi) is 5.41. The van der Waals surface area contributed by atoms with Crippen molar-refractivity contribution in [3.63, 3.8) is 0 Å². The standard InChI is InChI=1S/C25H22FN5S/c1-17-15-19(10-11-20(17)26)31-24(23(29-25(31)32)21-8-3-5-13-28-21)22-9-6-14-30(22)16-18-7-2-4-12-27-18/h2-15,23-24H,16H2,1H3,(H,29,32)/t23-,24+/m0/s1. The summed E-state index contributed by atoms with van der Waals surface area (Å²) in [4.78, 5) is 11.1. The maximum atomic E-state index is 14.0. The lowest BCUT2D eigenvalue weighted by Crippen LogP contribution is -2.30. The summed E-state index contributed by atoms with van der Waals surface area (Å²) in [5.74, 6) is -0.233. The zero-order chi connectivity index (χ0) is 22.1. The lowest BCUT2D eigenvalue weighted by molar-refractivity contribution is 0.531. The molecule has 1 aliphatic rings. The molecule has 4 heterocycles. The van der Waals surface area contributed by atoms with Gasteiger partial charge >= 0.3 is 0 Å². The average Bonchev–Trinajstić information content (AvgIpc) is 3.40. The van der Waals surface area contributed by atoms with E-state index < -0.39 is 0 Å². The minimum atomic E-state index is -0.233. The quantitative estimate of drug-likeness (QED) is 0.442. The fraction of sp³-hybridized carbons (Fsp3) is 0.160. The van der Waals surface area contributed by atoms with Crippen molar-refractivity contribution in [3.05, 3.63) is 114 Å². The van der Waals surface area contributed by atoms with E-state index in [9.17, 15) is 4.39 Å². The third-order valence-corrected chi connectivity index (χ3v) is 6.06. The predicted octanol–water partition coefficient (Wildman–Crippen LogP) is 4.95. The van der Waals surface area contributed by atoms with E-state index in [1.807, 2.05) is 48.5 Å². The van der Waals surface area contributed by atoms with Crippen molar-refractivity contribution in [2.24, 2.45) is 0 Å². The first-order valence-corrected chi connectivity index (χ1v) is 10.8. The van der Waals surface area contributed by atoms with Crippen LogP contribution in [-0.2, 0) is 6.54 Å². The van der Waals surface area contributed by atoms with Crippen molar-refractivity contribution in [2.45, 2.75) is 25.6 Å². The number of thiocarbonyl (C=S) groups is 1. The summed E-state index contributed by atoms with van der Waals surface area (Å²) in [5, 5.41) is 4.04. The van der Waals surface area contributed by atoms with Crippen LogP contribution in [0.3, 0.4) is 0 Å². The molecule has 2 atom stereocenters. The predicted molar refractivity (Wildman–Crippen MR) is 127 cm³/mol. The molecular weight excluding hydrogens is 421 g/mol. The molecule has 5 rings (SSSR count). The van der Waals surface area contributed by atoms with Crippen molar-refractivity contribution < 1.29 is 4.39 Å². The smallest absolute Gasteiger partial charge is 0.174 e. The summed E-state index contributed by atoms with van der Waals surface area (Å²) in [6.45, 7) is 2.40. The summed E-state index contributed by atoms with van der Waals surface area (Å²) < 4.78 is 16.2. The number of aromatic nitrogens is 3. The van der Waals surface area contributed by atoms with Gasteiger partial charge in [-0.3, -0.25) is 9.97 Å². The second-order valence-corrected chi connectivity index (χ2v) is 8.20. The Bertz CT molecular complexity index is 1240. The molecule has 1 N–H and O–H groups in total. The molecule has 1 saturated heterocycles. The Morgan fingerprint density at radius 1 is 1.00 bits per heavy atom. The van der Waals surface area contributed by atoms with E-state index in [2.05, 4.69) is 37.0 Å².